The van der Waals surface area contributed by atoms with Gasteiger partial charge in [0.1, 0.15) is 5.69 Å². The third kappa shape index (κ3) is 4.66. The van der Waals surface area contributed by atoms with Crippen LogP contribution in [0.3, 0.4) is 0 Å². The summed E-state index contributed by atoms with van der Waals surface area (Å²) in [6.07, 6.45) is 5.81. The van der Waals surface area contributed by atoms with Crippen molar-refractivity contribution in [2.45, 2.75) is 51.5 Å². The number of carbonyl (C=O) groups is 2. The van der Waals surface area contributed by atoms with Crippen LogP contribution in [-0.4, -0.2) is 34.2 Å². The second-order valence-corrected chi connectivity index (χ2v) is 9.79. The zero-order valence-corrected chi connectivity index (χ0v) is 19.2. The molecule has 1 aliphatic carbocycles. The predicted molar refractivity (Wildman–Crippen MR) is 125 cm³/mol. The first kappa shape index (κ1) is 21.6. The monoisotopic (exact) mass is 438 g/mol. The molecule has 1 saturated carbocycles. The first-order chi connectivity index (χ1) is 14.9. The molecule has 3 aromatic rings. The number of rotatable bonds is 6. The van der Waals surface area contributed by atoms with Gasteiger partial charge in [0.2, 0.25) is 0 Å². The molecule has 4 rings (SSSR count). The van der Waals surface area contributed by atoms with Crippen LogP contribution in [0, 0.1) is 5.92 Å². The number of benzene rings is 1. The van der Waals surface area contributed by atoms with Crippen molar-refractivity contribution in [3.05, 3.63) is 52.7 Å². The Hall–Kier alpha value is -2.67. The molecule has 2 N–H and O–H groups in total. The fourth-order valence-corrected chi connectivity index (χ4v) is 5.74. The Morgan fingerprint density at radius 3 is 2.55 bits per heavy atom. The summed E-state index contributed by atoms with van der Waals surface area (Å²) in [5.74, 6) is 0.815. The molecule has 0 unspecified atom stereocenters. The van der Waals surface area contributed by atoms with Crippen molar-refractivity contribution in [2.24, 2.45) is 13.0 Å². The second kappa shape index (κ2) is 9.22. The number of aromatic nitrogens is 2. The molecule has 6 nitrogen and oxygen atoms in total. The third-order valence-corrected chi connectivity index (χ3v) is 7.31. The maximum atomic E-state index is 12.9. The van der Waals surface area contributed by atoms with Crippen LogP contribution in [0.4, 0.5) is 0 Å². The highest BCUT2D eigenvalue weighted by Gasteiger charge is 2.29. The van der Waals surface area contributed by atoms with Gasteiger partial charge in [-0.25, -0.2) is 0 Å². The third-order valence-electron chi connectivity index (χ3n) is 6.12. The second-order valence-electron chi connectivity index (χ2n) is 8.74. The minimum absolute atomic E-state index is 0.0387. The number of nitrogens with zero attached hydrogens (tertiary/aromatic N) is 2. The van der Waals surface area contributed by atoms with Crippen molar-refractivity contribution >= 4 is 33.2 Å². The van der Waals surface area contributed by atoms with E-state index in [9.17, 15) is 9.59 Å². The predicted octanol–water partition coefficient (Wildman–Crippen LogP) is 4.48. The number of hydrogen-bond acceptors (Lipinski definition) is 4. The number of aryl methyl sites for hydroxylation is 1. The number of carbonyl (C=O) groups excluding carboxylic acids is 2. The van der Waals surface area contributed by atoms with Crippen molar-refractivity contribution in [3.8, 4) is 0 Å². The molecule has 1 aliphatic rings. The molecule has 2 heterocycles. The van der Waals surface area contributed by atoms with Crippen molar-refractivity contribution in [3.63, 3.8) is 0 Å². The molecule has 1 aromatic carbocycles. The van der Waals surface area contributed by atoms with E-state index in [2.05, 4.69) is 33.9 Å². The summed E-state index contributed by atoms with van der Waals surface area (Å²) < 4.78 is 2.77. The number of thiophene rings is 1. The van der Waals surface area contributed by atoms with E-state index >= 15 is 0 Å². The van der Waals surface area contributed by atoms with Gasteiger partial charge in [0, 0.05) is 30.5 Å². The molecule has 7 heteroatoms. The Kier molecular flexibility index (Phi) is 6.41. The molecule has 2 aromatic heterocycles. The van der Waals surface area contributed by atoms with E-state index in [-0.39, 0.29) is 17.9 Å². The number of amides is 2. The topological polar surface area (TPSA) is 76.0 Å². The maximum absolute atomic E-state index is 12.9. The van der Waals surface area contributed by atoms with Gasteiger partial charge in [-0.1, -0.05) is 18.2 Å². The standard InChI is InChI=1S/C24H30N4O2S/c1-15(2)27-24(30)22-21(18-6-4-5-7-20(18)31-22)17-10-8-16(9-11-17)14-25-23(29)19-12-13-26-28(19)3/h4-7,12-13,15-17H,8-11,14H2,1-3H3,(H,25,29)(H,27,30). The lowest BCUT2D eigenvalue weighted by Crippen LogP contribution is -2.32. The molecule has 164 valence electrons. The first-order valence-corrected chi connectivity index (χ1v) is 11.8. The minimum Gasteiger partial charge on any atom is -0.350 e. The van der Waals surface area contributed by atoms with Gasteiger partial charge >= 0.3 is 0 Å². The summed E-state index contributed by atoms with van der Waals surface area (Å²) in [4.78, 5) is 26.1. The highest BCUT2D eigenvalue weighted by atomic mass is 32.1. The Morgan fingerprint density at radius 2 is 1.87 bits per heavy atom. The molecule has 0 saturated heterocycles. The average Bonchev–Trinajstić information content (AvgIpc) is 3.35. The van der Waals surface area contributed by atoms with E-state index in [0.717, 1.165) is 30.6 Å². The summed E-state index contributed by atoms with van der Waals surface area (Å²) in [7, 11) is 1.78. The van der Waals surface area contributed by atoms with E-state index in [1.807, 2.05) is 19.9 Å². The zero-order chi connectivity index (χ0) is 22.0. The largest absolute Gasteiger partial charge is 0.350 e. The molecular formula is C24H30N4O2S. The normalized spacial score (nSPS) is 19.0. The Morgan fingerprint density at radius 1 is 1.13 bits per heavy atom. The molecule has 0 aliphatic heterocycles. The molecule has 1 fully saturated rings. The quantitative estimate of drug-likeness (QED) is 0.596. The van der Waals surface area contributed by atoms with Crippen LogP contribution in [0.5, 0.6) is 0 Å². The minimum atomic E-state index is -0.0707. The van der Waals surface area contributed by atoms with Gasteiger partial charge < -0.3 is 10.6 Å². The van der Waals surface area contributed by atoms with Crippen molar-refractivity contribution < 1.29 is 9.59 Å². The van der Waals surface area contributed by atoms with Crippen LogP contribution in [0.25, 0.3) is 10.1 Å². The van der Waals surface area contributed by atoms with E-state index in [1.165, 1.54) is 15.6 Å². The molecule has 0 atom stereocenters. The van der Waals surface area contributed by atoms with Gasteiger partial charge in [0.25, 0.3) is 11.8 Å². The molecular weight excluding hydrogens is 408 g/mol. The van der Waals surface area contributed by atoms with Crippen LogP contribution < -0.4 is 10.6 Å². The van der Waals surface area contributed by atoms with Crippen LogP contribution in [0.15, 0.2) is 36.5 Å². The molecule has 31 heavy (non-hydrogen) atoms. The van der Waals surface area contributed by atoms with Gasteiger partial charge in [0.05, 0.1) is 4.88 Å². The number of nitrogens with one attached hydrogen (secondary N) is 2. The summed E-state index contributed by atoms with van der Waals surface area (Å²) in [6, 6.07) is 10.2. The lowest BCUT2D eigenvalue weighted by Gasteiger charge is -2.29. The van der Waals surface area contributed by atoms with Gasteiger partial charge in [-0.05, 0) is 74.4 Å². The van der Waals surface area contributed by atoms with Crippen LogP contribution in [0.2, 0.25) is 0 Å². The van der Waals surface area contributed by atoms with E-state index in [0.29, 0.717) is 24.1 Å². The smallest absolute Gasteiger partial charge is 0.269 e. The Labute approximate surface area is 187 Å². The van der Waals surface area contributed by atoms with E-state index in [4.69, 9.17) is 0 Å². The van der Waals surface area contributed by atoms with Crippen LogP contribution in [-0.2, 0) is 7.05 Å². The lowest BCUT2D eigenvalue weighted by atomic mass is 9.77. The first-order valence-electron chi connectivity index (χ1n) is 11.0. The molecule has 0 radical (unpaired) electrons. The fourth-order valence-electron chi connectivity index (χ4n) is 4.55. The highest BCUT2D eigenvalue weighted by Crippen LogP contribution is 2.43. The van der Waals surface area contributed by atoms with E-state index < -0.39 is 0 Å². The number of fused-ring (bicyclic) bond motifs is 1. The van der Waals surface area contributed by atoms with Gasteiger partial charge in [-0.3, -0.25) is 14.3 Å². The highest BCUT2D eigenvalue weighted by molar-refractivity contribution is 7.21. The van der Waals surface area contributed by atoms with Crippen LogP contribution in [0.1, 0.15) is 71.2 Å². The summed E-state index contributed by atoms with van der Waals surface area (Å²) >= 11 is 1.61. The molecule has 2 amide bonds. The van der Waals surface area contributed by atoms with E-state index in [1.54, 1.807) is 35.3 Å². The van der Waals surface area contributed by atoms with Gasteiger partial charge in [0.15, 0.2) is 0 Å². The van der Waals surface area contributed by atoms with Crippen LogP contribution >= 0.6 is 11.3 Å². The summed E-state index contributed by atoms with van der Waals surface area (Å²) in [6.45, 7) is 4.67. The fraction of sp³-hybridized carbons (Fsp3) is 0.458. The zero-order valence-electron chi connectivity index (χ0n) is 18.4. The summed E-state index contributed by atoms with van der Waals surface area (Å²) in [5.41, 5.74) is 1.80. The Bertz CT molecular complexity index is 1080. The molecule has 0 bridgehead atoms. The van der Waals surface area contributed by atoms with Crippen molar-refractivity contribution in [1.82, 2.24) is 20.4 Å². The Balaban J connectivity index is 1.44. The van der Waals surface area contributed by atoms with Gasteiger partial charge in [-0.2, -0.15) is 5.10 Å². The SMILES string of the molecule is CC(C)NC(=O)c1sc2ccccc2c1C1CCC(CNC(=O)c2ccnn2C)CC1. The van der Waals surface area contributed by atoms with Gasteiger partial charge in [-0.15, -0.1) is 11.3 Å². The number of hydrogen-bond donors (Lipinski definition) is 2. The summed E-state index contributed by atoms with van der Waals surface area (Å²) in [5, 5.41) is 11.4. The van der Waals surface area contributed by atoms with Crippen molar-refractivity contribution in [2.75, 3.05) is 6.54 Å². The lowest BCUT2D eigenvalue weighted by molar-refractivity contribution is 0.0927. The van der Waals surface area contributed by atoms with Crippen molar-refractivity contribution in [1.29, 1.82) is 0 Å². The average molecular weight is 439 g/mol. The molecule has 0 spiro atoms. The maximum Gasteiger partial charge on any atom is 0.269 e.